The molecule has 1 unspecified atom stereocenters. The van der Waals surface area contributed by atoms with E-state index in [2.05, 4.69) is 23.6 Å². The van der Waals surface area contributed by atoms with Gasteiger partial charge in [-0.15, -0.1) is 0 Å². The van der Waals surface area contributed by atoms with E-state index in [1.165, 1.54) is 69.5 Å². The maximum atomic E-state index is 6.16. The average Bonchev–Trinajstić information content (AvgIpc) is 2.66. The quantitative estimate of drug-likeness (QED) is 0.851. The second-order valence-electron chi connectivity index (χ2n) is 6.11. The van der Waals surface area contributed by atoms with Crippen molar-refractivity contribution >= 4 is 11.8 Å². The Morgan fingerprint density at radius 3 is 2.67 bits per heavy atom. The van der Waals surface area contributed by atoms with Crippen LogP contribution in [-0.2, 0) is 0 Å². The van der Waals surface area contributed by atoms with E-state index in [9.17, 15) is 0 Å². The summed E-state index contributed by atoms with van der Waals surface area (Å²) in [5.41, 5.74) is 6.52. The smallest absolute Gasteiger partial charge is 0.0347 e. The van der Waals surface area contributed by atoms with Gasteiger partial charge in [0.2, 0.25) is 0 Å². The van der Waals surface area contributed by atoms with Gasteiger partial charge in [-0.3, -0.25) is 4.90 Å². The third-order valence-electron chi connectivity index (χ3n) is 5.02. The fourth-order valence-electron chi connectivity index (χ4n) is 3.74. The molecule has 3 heteroatoms. The molecule has 0 radical (unpaired) electrons. The zero-order chi connectivity index (χ0) is 12.8. The highest BCUT2D eigenvalue weighted by Gasteiger charge is 2.37. The van der Waals surface area contributed by atoms with Crippen molar-refractivity contribution in [1.29, 1.82) is 0 Å². The van der Waals surface area contributed by atoms with Crippen LogP contribution in [-0.4, -0.2) is 41.6 Å². The number of nitrogens with zero attached hydrogens (tertiary/aromatic N) is 1. The van der Waals surface area contributed by atoms with Crippen LogP contribution < -0.4 is 5.73 Å². The Morgan fingerprint density at radius 2 is 2.00 bits per heavy atom. The van der Waals surface area contributed by atoms with Crippen LogP contribution in [0.25, 0.3) is 0 Å². The number of hydrogen-bond donors (Lipinski definition) is 1. The molecule has 2 N–H and O–H groups in total. The van der Waals surface area contributed by atoms with Gasteiger partial charge in [0.05, 0.1) is 0 Å². The molecule has 2 aliphatic rings. The minimum absolute atomic E-state index is 0.354. The molecule has 2 rings (SSSR count). The Bertz CT molecular complexity index is 239. The van der Waals surface area contributed by atoms with Crippen LogP contribution in [0.4, 0.5) is 0 Å². The summed E-state index contributed by atoms with van der Waals surface area (Å²) in [5, 5.41) is 0. The van der Waals surface area contributed by atoms with E-state index in [-0.39, 0.29) is 0 Å². The molecule has 0 spiro atoms. The first kappa shape index (κ1) is 14.7. The van der Waals surface area contributed by atoms with Crippen molar-refractivity contribution in [2.24, 2.45) is 11.7 Å². The third kappa shape index (κ3) is 3.43. The number of hydrogen-bond acceptors (Lipinski definition) is 3. The van der Waals surface area contributed by atoms with Crippen LogP contribution in [0.15, 0.2) is 0 Å². The zero-order valence-electron chi connectivity index (χ0n) is 12.0. The molecule has 2 aliphatic heterocycles. The summed E-state index contributed by atoms with van der Waals surface area (Å²) >= 11 is 2.11. The Hall–Kier alpha value is 0.270. The lowest BCUT2D eigenvalue weighted by molar-refractivity contribution is 0.0872. The topological polar surface area (TPSA) is 29.3 Å². The minimum atomic E-state index is 0.354. The molecular weight excluding hydrogens is 240 g/mol. The minimum Gasteiger partial charge on any atom is -0.329 e. The van der Waals surface area contributed by atoms with Gasteiger partial charge >= 0.3 is 0 Å². The van der Waals surface area contributed by atoms with Gasteiger partial charge in [0, 0.05) is 12.1 Å². The third-order valence-corrected chi connectivity index (χ3v) is 6.00. The van der Waals surface area contributed by atoms with Crippen LogP contribution in [0, 0.1) is 5.92 Å². The molecule has 2 fully saturated rings. The lowest BCUT2D eigenvalue weighted by atomic mass is 9.89. The van der Waals surface area contributed by atoms with E-state index < -0.39 is 0 Å². The Kier molecular flexibility index (Phi) is 5.84. The molecule has 0 aliphatic carbocycles. The number of nitrogens with two attached hydrogens (primary N) is 1. The van der Waals surface area contributed by atoms with Gasteiger partial charge in [0.25, 0.3) is 0 Å². The molecule has 0 aromatic carbocycles. The molecule has 2 heterocycles. The fraction of sp³-hybridized carbons (Fsp3) is 1.00. The average molecular weight is 270 g/mol. The summed E-state index contributed by atoms with van der Waals surface area (Å²) < 4.78 is 0. The van der Waals surface area contributed by atoms with Crippen molar-refractivity contribution in [2.45, 2.75) is 57.4 Å². The van der Waals surface area contributed by atoms with E-state index in [4.69, 9.17) is 5.73 Å². The normalized spacial score (nSPS) is 30.0. The van der Waals surface area contributed by atoms with E-state index in [0.29, 0.717) is 5.54 Å². The van der Waals surface area contributed by atoms with Crippen molar-refractivity contribution in [1.82, 2.24) is 4.90 Å². The maximum Gasteiger partial charge on any atom is 0.0347 e. The van der Waals surface area contributed by atoms with Gasteiger partial charge in [-0.05, 0) is 62.6 Å². The predicted octanol–water partition coefficient (Wildman–Crippen LogP) is 3.11. The first-order chi connectivity index (χ1) is 8.80. The first-order valence-corrected chi connectivity index (χ1v) is 8.99. The monoisotopic (exact) mass is 270 g/mol. The van der Waals surface area contributed by atoms with Crippen molar-refractivity contribution in [3.8, 4) is 0 Å². The van der Waals surface area contributed by atoms with Gasteiger partial charge < -0.3 is 5.73 Å². The second kappa shape index (κ2) is 7.16. The predicted molar refractivity (Wildman–Crippen MR) is 82.2 cm³/mol. The van der Waals surface area contributed by atoms with Gasteiger partial charge in [-0.1, -0.05) is 19.8 Å². The molecule has 18 heavy (non-hydrogen) atoms. The number of rotatable bonds is 4. The van der Waals surface area contributed by atoms with Gasteiger partial charge in [0.1, 0.15) is 0 Å². The van der Waals surface area contributed by atoms with Crippen LogP contribution in [0.1, 0.15) is 51.9 Å². The number of thioether (sulfide) groups is 1. The largest absolute Gasteiger partial charge is 0.329 e. The fourth-order valence-corrected chi connectivity index (χ4v) is 4.99. The highest BCUT2D eigenvalue weighted by molar-refractivity contribution is 7.99. The number of likely N-dealkylation sites (tertiary alicyclic amines) is 1. The molecule has 0 aromatic rings. The van der Waals surface area contributed by atoms with Gasteiger partial charge in [0.15, 0.2) is 0 Å². The Labute approximate surface area is 117 Å². The van der Waals surface area contributed by atoms with E-state index >= 15 is 0 Å². The lowest BCUT2D eigenvalue weighted by Crippen LogP contribution is -2.56. The van der Waals surface area contributed by atoms with Crippen LogP contribution in [0.2, 0.25) is 0 Å². The summed E-state index contributed by atoms with van der Waals surface area (Å²) in [6.45, 7) is 5.78. The molecule has 1 atom stereocenters. The molecule has 0 aromatic heterocycles. The molecule has 0 saturated carbocycles. The summed E-state index contributed by atoms with van der Waals surface area (Å²) in [7, 11) is 0. The van der Waals surface area contributed by atoms with E-state index in [0.717, 1.165) is 12.5 Å². The molecular formula is C15H30N2S. The van der Waals surface area contributed by atoms with Gasteiger partial charge in [-0.25, -0.2) is 0 Å². The standard InChI is InChI=1S/C15H30N2S/c1-2-4-14-5-3-9-17(10-6-14)15(13-16)7-11-18-12-8-15/h14H,2-13,16H2,1H3. The molecule has 2 nitrogen and oxygen atoms in total. The van der Waals surface area contributed by atoms with Crippen molar-refractivity contribution in [3.05, 3.63) is 0 Å². The summed E-state index contributed by atoms with van der Waals surface area (Å²) in [6.07, 6.45) is 9.64. The first-order valence-electron chi connectivity index (χ1n) is 7.83. The summed E-state index contributed by atoms with van der Waals surface area (Å²) in [6, 6.07) is 0. The lowest BCUT2D eigenvalue weighted by Gasteiger charge is -2.45. The van der Waals surface area contributed by atoms with Crippen molar-refractivity contribution in [2.75, 3.05) is 31.1 Å². The van der Waals surface area contributed by atoms with Crippen LogP contribution in [0.3, 0.4) is 0 Å². The molecule has 0 amide bonds. The van der Waals surface area contributed by atoms with E-state index in [1.807, 2.05) is 0 Å². The Morgan fingerprint density at radius 1 is 1.22 bits per heavy atom. The SMILES string of the molecule is CCCC1CCCN(C2(CN)CCSCC2)CC1. The van der Waals surface area contributed by atoms with E-state index in [1.54, 1.807) is 0 Å². The molecule has 106 valence electrons. The molecule has 0 bridgehead atoms. The van der Waals surface area contributed by atoms with Crippen LogP contribution in [0.5, 0.6) is 0 Å². The second-order valence-corrected chi connectivity index (χ2v) is 7.34. The highest BCUT2D eigenvalue weighted by atomic mass is 32.2. The maximum absolute atomic E-state index is 6.16. The zero-order valence-corrected chi connectivity index (χ0v) is 12.8. The van der Waals surface area contributed by atoms with Crippen molar-refractivity contribution in [3.63, 3.8) is 0 Å². The van der Waals surface area contributed by atoms with Crippen LogP contribution >= 0.6 is 11.8 Å². The Balaban J connectivity index is 1.94. The summed E-state index contributed by atoms with van der Waals surface area (Å²) in [5.74, 6) is 3.60. The molecule has 2 saturated heterocycles. The summed E-state index contributed by atoms with van der Waals surface area (Å²) in [4.78, 5) is 2.77. The van der Waals surface area contributed by atoms with Gasteiger partial charge in [-0.2, -0.15) is 11.8 Å². The highest BCUT2D eigenvalue weighted by Crippen LogP contribution is 2.34. The van der Waals surface area contributed by atoms with Crippen molar-refractivity contribution < 1.29 is 0 Å².